The number of aryl methyl sites for hydroxylation is 1. The highest BCUT2D eigenvalue weighted by Crippen LogP contribution is 2.30. The number of benzene rings is 1. The van der Waals surface area contributed by atoms with Gasteiger partial charge in [0.05, 0.1) is 15.6 Å². The minimum atomic E-state index is -0.146. The first kappa shape index (κ1) is 14.9. The Morgan fingerprint density at radius 1 is 1.20 bits per heavy atom. The number of hydrogen-bond acceptors (Lipinski definition) is 2. The molecule has 3 nitrogen and oxygen atoms in total. The Labute approximate surface area is 127 Å². The highest BCUT2D eigenvalue weighted by atomic mass is 35.5. The standard InChI is InChI=1S/C15H15Cl2NO2/c1-8(2)18-15(19)11-7-14(20-9(11)3)10-4-5-12(16)13(17)6-10/h4-8H,1-3H3,(H,18,19). The Kier molecular flexibility index (Phi) is 4.41. The minimum absolute atomic E-state index is 0.0743. The third kappa shape index (κ3) is 3.17. The summed E-state index contributed by atoms with van der Waals surface area (Å²) in [6.07, 6.45) is 0. The van der Waals surface area contributed by atoms with Gasteiger partial charge in [-0.2, -0.15) is 0 Å². The Morgan fingerprint density at radius 3 is 2.50 bits per heavy atom. The molecule has 0 bridgehead atoms. The molecule has 0 spiro atoms. The van der Waals surface area contributed by atoms with Gasteiger partial charge in [0, 0.05) is 11.6 Å². The van der Waals surface area contributed by atoms with E-state index < -0.39 is 0 Å². The first-order chi connectivity index (χ1) is 9.38. The van der Waals surface area contributed by atoms with Gasteiger partial charge in [0.15, 0.2) is 0 Å². The van der Waals surface area contributed by atoms with Gasteiger partial charge in [-0.1, -0.05) is 23.2 Å². The van der Waals surface area contributed by atoms with E-state index in [1.54, 1.807) is 31.2 Å². The van der Waals surface area contributed by atoms with E-state index >= 15 is 0 Å². The van der Waals surface area contributed by atoms with Crippen LogP contribution in [-0.4, -0.2) is 11.9 Å². The lowest BCUT2D eigenvalue weighted by atomic mass is 10.1. The van der Waals surface area contributed by atoms with Crippen LogP contribution in [0.25, 0.3) is 11.3 Å². The number of rotatable bonds is 3. The van der Waals surface area contributed by atoms with E-state index in [9.17, 15) is 4.79 Å². The molecule has 5 heteroatoms. The third-order valence-corrected chi connectivity index (χ3v) is 3.53. The quantitative estimate of drug-likeness (QED) is 0.892. The van der Waals surface area contributed by atoms with Crippen molar-refractivity contribution >= 4 is 29.1 Å². The zero-order valence-corrected chi connectivity index (χ0v) is 13.0. The van der Waals surface area contributed by atoms with Gasteiger partial charge in [-0.15, -0.1) is 0 Å². The van der Waals surface area contributed by atoms with Crippen LogP contribution in [0.4, 0.5) is 0 Å². The number of carbonyl (C=O) groups is 1. The molecule has 2 aromatic rings. The van der Waals surface area contributed by atoms with Crippen molar-refractivity contribution in [1.29, 1.82) is 0 Å². The summed E-state index contributed by atoms with van der Waals surface area (Å²) in [5, 5.41) is 3.77. The Balaban J connectivity index is 2.35. The van der Waals surface area contributed by atoms with Gasteiger partial charge in [-0.25, -0.2) is 0 Å². The lowest BCUT2D eigenvalue weighted by molar-refractivity contribution is 0.0941. The molecule has 106 valence electrons. The average Bonchev–Trinajstić information content (AvgIpc) is 2.74. The zero-order valence-electron chi connectivity index (χ0n) is 11.5. The minimum Gasteiger partial charge on any atom is -0.461 e. The molecule has 20 heavy (non-hydrogen) atoms. The molecule has 0 aliphatic rings. The highest BCUT2D eigenvalue weighted by Gasteiger charge is 2.16. The second kappa shape index (κ2) is 5.90. The normalized spacial score (nSPS) is 10.9. The van der Waals surface area contributed by atoms with Gasteiger partial charge >= 0.3 is 0 Å². The number of amides is 1. The van der Waals surface area contributed by atoms with Crippen LogP contribution in [0.15, 0.2) is 28.7 Å². The molecule has 1 N–H and O–H groups in total. The highest BCUT2D eigenvalue weighted by molar-refractivity contribution is 6.42. The van der Waals surface area contributed by atoms with Gasteiger partial charge in [0.1, 0.15) is 11.5 Å². The van der Waals surface area contributed by atoms with E-state index in [2.05, 4.69) is 5.32 Å². The smallest absolute Gasteiger partial charge is 0.255 e. The van der Waals surface area contributed by atoms with Crippen molar-refractivity contribution in [2.75, 3.05) is 0 Å². The van der Waals surface area contributed by atoms with Crippen molar-refractivity contribution in [3.05, 3.63) is 45.6 Å². The van der Waals surface area contributed by atoms with Gasteiger partial charge < -0.3 is 9.73 Å². The number of hydrogen-bond donors (Lipinski definition) is 1. The molecule has 0 aliphatic carbocycles. The van der Waals surface area contributed by atoms with E-state index in [0.717, 1.165) is 5.56 Å². The topological polar surface area (TPSA) is 42.2 Å². The number of nitrogens with one attached hydrogen (secondary N) is 1. The predicted octanol–water partition coefficient (Wildman–Crippen LogP) is 4.70. The number of carbonyl (C=O) groups excluding carboxylic acids is 1. The maximum absolute atomic E-state index is 12.0. The maximum Gasteiger partial charge on any atom is 0.255 e. The van der Waals surface area contributed by atoms with Crippen LogP contribution in [0.5, 0.6) is 0 Å². The molecule has 2 rings (SSSR count). The molecule has 0 radical (unpaired) electrons. The van der Waals surface area contributed by atoms with Crippen LogP contribution in [-0.2, 0) is 0 Å². The molecule has 0 atom stereocenters. The average molecular weight is 312 g/mol. The fraction of sp³-hybridized carbons (Fsp3) is 0.267. The summed E-state index contributed by atoms with van der Waals surface area (Å²) in [5.74, 6) is 1.02. The predicted molar refractivity (Wildman–Crippen MR) is 81.5 cm³/mol. The van der Waals surface area contributed by atoms with E-state index in [1.165, 1.54) is 0 Å². The van der Waals surface area contributed by atoms with Crippen LogP contribution < -0.4 is 5.32 Å². The maximum atomic E-state index is 12.0. The summed E-state index contributed by atoms with van der Waals surface area (Å²) < 4.78 is 5.64. The van der Waals surface area contributed by atoms with E-state index in [4.69, 9.17) is 27.6 Å². The largest absolute Gasteiger partial charge is 0.461 e. The fourth-order valence-corrected chi connectivity index (χ4v) is 2.14. The van der Waals surface area contributed by atoms with E-state index in [1.807, 2.05) is 13.8 Å². The molecule has 0 saturated heterocycles. The Hall–Kier alpha value is -1.45. The lowest BCUT2D eigenvalue weighted by Crippen LogP contribution is -2.30. The first-order valence-corrected chi connectivity index (χ1v) is 7.01. The van der Waals surface area contributed by atoms with Crippen molar-refractivity contribution in [2.45, 2.75) is 26.8 Å². The monoisotopic (exact) mass is 311 g/mol. The third-order valence-electron chi connectivity index (χ3n) is 2.79. The summed E-state index contributed by atoms with van der Waals surface area (Å²) in [6, 6.07) is 7.01. The van der Waals surface area contributed by atoms with Gasteiger partial charge in [0.2, 0.25) is 0 Å². The van der Waals surface area contributed by atoms with E-state index in [0.29, 0.717) is 27.1 Å². The molecular weight excluding hydrogens is 297 g/mol. The first-order valence-electron chi connectivity index (χ1n) is 6.25. The Morgan fingerprint density at radius 2 is 1.90 bits per heavy atom. The lowest BCUT2D eigenvalue weighted by Gasteiger charge is -2.06. The summed E-state index contributed by atoms with van der Waals surface area (Å²) in [6.45, 7) is 5.58. The fourth-order valence-electron chi connectivity index (χ4n) is 1.84. The molecule has 1 aromatic carbocycles. The molecule has 1 amide bonds. The molecule has 1 aromatic heterocycles. The summed E-state index contributed by atoms with van der Waals surface area (Å²) >= 11 is 11.9. The van der Waals surface area contributed by atoms with Crippen molar-refractivity contribution in [3.8, 4) is 11.3 Å². The summed E-state index contributed by atoms with van der Waals surface area (Å²) in [4.78, 5) is 12.0. The molecule has 0 unspecified atom stereocenters. The van der Waals surface area contributed by atoms with Crippen LogP contribution in [0.1, 0.15) is 30.0 Å². The zero-order chi connectivity index (χ0) is 14.9. The van der Waals surface area contributed by atoms with Gasteiger partial charge in [0.25, 0.3) is 5.91 Å². The van der Waals surface area contributed by atoms with Crippen LogP contribution >= 0.6 is 23.2 Å². The molecule has 0 saturated carbocycles. The SMILES string of the molecule is Cc1oc(-c2ccc(Cl)c(Cl)c2)cc1C(=O)NC(C)C. The summed E-state index contributed by atoms with van der Waals surface area (Å²) in [7, 11) is 0. The molecule has 0 fully saturated rings. The van der Waals surface area contributed by atoms with Crippen molar-refractivity contribution in [2.24, 2.45) is 0 Å². The van der Waals surface area contributed by atoms with Gasteiger partial charge in [-0.05, 0) is 45.0 Å². The second-order valence-electron chi connectivity index (χ2n) is 4.84. The van der Waals surface area contributed by atoms with Crippen molar-refractivity contribution in [1.82, 2.24) is 5.32 Å². The van der Waals surface area contributed by atoms with Gasteiger partial charge in [-0.3, -0.25) is 4.79 Å². The van der Waals surface area contributed by atoms with Crippen molar-refractivity contribution in [3.63, 3.8) is 0 Å². The second-order valence-corrected chi connectivity index (χ2v) is 5.65. The van der Waals surface area contributed by atoms with E-state index in [-0.39, 0.29) is 11.9 Å². The van der Waals surface area contributed by atoms with Crippen molar-refractivity contribution < 1.29 is 9.21 Å². The van der Waals surface area contributed by atoms with Crippen LogP contribution in [0.3, 0.4) is 0 Å². The molecule has 0 aliphatic heterocycles. The Bertz CT molecular complexity index is 647. The number of halogens is 2. The van der Waals surface area contributed by atoms with Crippen LogP contribution in [0.2, 0.25) is 10.0 Å². The number of furan rings is 1. The summed E-state index contributed by atoms with van der Waals surface area (Å²) in [5.41, 5.74) is 1.31. The van der Waals surface area contributed by atoms with Crippen LogP contribution in [0, 0.1) is 6.92 Å². The molecular formula is C15H15Cl2NO2. The molecule has 1 heterocycles.